The lowest BCUT2D eigenvalue weighted by atomic mass is 9.95. The number of hydrogen-bond acceptors (Lipinski definition) is 4. The van der Waals surface area contributed by atoms with Crippen LogP contribution < -0.4 is 4.74 Å². The standard InChI is InChI=1S/C20H14F5NO3S/c1-11-7-12(3-4-18(11)29-20(23,24)25)14-5-6-26-10-15(14)13-8-16(21)19(17(22)9-13)30(2,27)28/h3-10H,1-2H3. The van der Waals surface area contributed by atoms with Crippen molar-refractivity contribution < 1.29 is 35.1 Å². The number of alkyl halides is 3. The molecule has 10 heteroatoms. The predicted octanol–water partition coefficient (Wildman–Crippen LogP) is 5.30. The molecule has 0 N–H and O–H groups in total. The van der Waals surface area contributed by atoms with E-state index in [-0.39, 0.29) is 22.4 Å². The first-order chi connectivity index (χ1) is 13.9. The van der Waals surface area contributed by atoms with Crippen molar-refractivity contribution in [1.82, 2.24) is 4.98 Å². The lowest BCUT2D eigenvalue weighted by molar-refractivity contribution is -0.274. The number of rotatable bonds is 4. The minimum absolute atomic E-state index is 0.0220. The van der Waals surface area contributed by atoms with E-state index in [4.69, 9.17) is 0 Å². The molecule has 0 amide bonds. The van der Waals surface area contributed by atoms with Crippen LogP contribution in [0.25, 0.3) is 22.3 Å². The Hall–Kier alpha value is -3.01. The third kappa shape index (κ3) is 4.59. The van der Waals surface area contributed by atoms with Crippen LogP contribution in [-0.4, -0.2) is 26.0 Å². The molecule has 1 aromatic heterocycles. The number of hydrogen-bond donors (Lipinski definition) is 0. The van der Waals surface area contributed by atoms with Crippen LogP contribution >= 0.6 is 0 Å². The molecule has 0 aliphatic carbocycles. The van der Waals surface area contributed by atoms with Gasteiger partial charge in [0.25, 0.3) is 0 Å². The molecule has 0 bridgehead atoms. The molecule has 0 atom stereocenters. The summed E-state index contributed by atoms with van der Waals surface area (Å²) in [5, 5.41) is 0. The molecule has 0 unspecified atom stereocenters. The van der Waals surface area contributed by atoms with E-state index in [1.807, 2.05) is 0 Å². The summed E-state index contributed by atoms with van der Waals surface area (Å²) >= 11 is 0. The van der Waals surface area contributed by atoms with Gasteiger partial charge in [0.1, 0.15) is 22.3 Å². The van der Waals surface area contributed by atoms with E-state index in [1.165, 1.54) is 37.5 Å². The monoisotopic (exact) mass is 443 g/mol. The molecule has 0 spiro atoms. The average molecular weight is 443 g/mol. The zero-order valence-corrected chi connectivity index (χ0v) is 16.4. The second kappa shape index (κ2) is 7.67. The van der Waals surface area contributed by atoms with Gasteiger partial charge < -0.3 is 4.74 Å². The fourth-order valence-corrected chi connectivity index (χ4v) is 3.83. The van der Waals surface area contributed by atoms with Crippen LogP contribution in [0.1, 0.15) is 5.56 Å². The number of benzene rings is 2. The van der Waals surface area contributed by atoms with Gasteiger partial charge in [-0.1, -0.05) is 6.07 Å². The first-order valence-corrected chi connectivity index (χ1v) is 10.3. The normalized spacial score (nSPS) is 12.1. The van der Waals surface area contributed by atoms with Crippen molar-refractivity contribution in [2.75, 3.05) is 6.26 Å². The van der Waals surface area contributed by atoms with Crippen molar-refractivity contribution in [3.8, 4) is 28.0 Å². The molecule has 158 valence electrons. The first-order valence-electron chi connectivity index (χ1n) is 8.37. The topological polar surface area (TPSA) is 56.3 Å². The third-order valence-corrected chi connectivity index (χ3v) is 5.34. The SMILES string of the molecule is Cc1cc(-c2ccncc2-c2cc(F)c(S(C)(=O)=O)c(F)c2)ccc1OC(F)(F)F. The van der Waals surface area contributed by atoms with Gasteiger partial charge in [0.15, 0.2) is 9.84 Å². The van der Waals surface area contributed by atoms with E-state index in [1.54, 1.807) is 0 Å². The molecule has 3 rings (SSSR count). The highest BCUT2D eigenvalue weighted by Gasteiger charge is 2.31. The van der Waals surface area contributed by atoms with Crippen LogP contribution in [0.2, 0.25) is 0 Å². The Bertz CT molecular complexity index is 1200. The summed E-state index contributed by atoms with van der Waals surface area (Å²) < 4.78 is 93.2. The highest BCUT2D eigenvalue weighted by atomic mass is 32.2. The maximum atomic E-state index is 14.3. The van der Waals surface area contributed by atoms with E-state index < -0.39 is 32.7 Å². The van der Waals surface area contributed by atoms with Crippen molar-refractivity contribution >= 4 is 9.84 Å². The van der Waals surface area contributed by atoms with Crippen LogP contribution in [0, 0.1) is 18.6 Å². The van der Waals surface area contributed by atoms with Gasteiger partial charge in [0, 0.05) is 24.2 Å². The molecule has 0 saturated carbocycles. The second-order valence-electron chi connectivity index (χ2n) is 6.49. The molecule has 0 radical (unpaired) electrons. The van der Waals surface area contributed by atoms with Crippen LogP contribution in [-0.2, 0) is 9.84 Å². The van der Waals surface area contributed by atoms with Gasteiger partial charge in [-0.15, -0.1) is 13.2 Å². The Morgan fingerprint density at radius 1 is 0.933 bits per heavy atom. The molecule has 1 heterocycles. The summed E-state index contributed by atoms with van der Waals surface area (Å²) in [7, 11) is -4.12. The molecular weight excluding hydrogens is 429 g/mol. The molecule has 4 nitrogen and oxygen atoms in total. The Kier molecular flexibility index (Phi) is 5.55. The van der Waals surface area contributed by atoms with Gasteiger partial charge >= 0.3 is 6.36 Å². The second-order valence-corrected chi connectivity index (χ2v) is 8.44. The highest BCUT2D eigenvalue weighted by molar-refractivity contribution is 7.90. The number of sulfone groups is 1. The van der Waals surface area contributed by atoms with Gasteiger partial charge in [-0.25, -0.2) is 17.2 Å². The molecule has 2 aromatic carbocycles. The van der Waals surface area contributed by atoms with Gasteiger partial charge in [0.2, 0.25) is 0 Å². The Labute approximate surface area is 168 Å². The maximum absolute atomic E-state index is 14.3. The maximum Gasteiger partial charge on any atom is 0.573 e. The Morgan fingerprint density at radius 2 is 1.57 bits per heavy atom. The lowest BCUT2D eigenvalue weighted by Crippen LogP contribution is -2.17. The minimum Gasteiger partial charge on any atom is -0.406 e. The summed E-state index contributed by atoms with van der Waals surface area (Å²) in [5.41, 5.74) is 1.36. The first kappa shape index (κ1) is 21.7. The number of nitrogens with zero attached hydrogens (tertiary/aromatic N) is 1. The minimum atomic E-state index is -4.84. The molecule has 3 aromatic rings. The quantitative estimate of drug-likeness (QED) is 0.514. The molecular formula is C20H14F5NO3S. The fraction of sp³-hybridized carbons (Fsp3) is 0.150. The van der Waals surface area contributed by atoms with E-state index >= 15 is 0 Å². The number of pyridine rings is 1. The van der Waals surface area contributed by atoms with Crippen LogP contribution in [0.4, 0.5) is 22.0 Å². The van der Waals surface area contributed by atoms with Gasteiger partial charge in [-0.3, -0.25) is 4.98 Å². The Morgan fingerprint density at radius 3 is 2.10 bits per heavy atom. The summed E-state index contributed by atoms with van der Waals surface area (Å²) in [4.78, 5) is 2.89. The molecule has 0 saturated heterocycles. The van der Waals surface area contributed by atoms with Crippen molar-refractivity contribution in [1.29, 1.82) is 0 Å². The smallest absolute Gasteiger partial charge is 0.406 e. The Balaban J connectivity index is 2.12. The third-order valence-electron chi connectivity index (χ3n) is 4.21. The largest absolute Gasteiger partial charge is 0.573 e. The number of aromatic nitrogens is 1. The number of halogens is 5. The summed E-state index contributed by atoms with van der Waals surface area (Å²) in [5.74, 6) is -2.89. The lowest BCUT2D eigenvalue weighted by Gasteiger charge is -2.14. The predicted molar refractivity (Wildman–Crippen MR) is 99.6 cm³/mol. The van der Waals surface area contributed by atoms with Crippen molar-refractivity contribution in [3.63, 3.8) is 0 Å². The van der Waals surface area contributed by atoms with E-state index in [0.29, 0.717) is 17.4 Å². The summed E-state index contributed by atoms with van der Waals surface area (Å²) in [6.45, 7) is 1.42. The van der Waals surface area contributed by atoms with Crippen molar-refractivity contribution in [2.24, 2.45) is 0 Å². The molecule has 0 aliphatic rings. The van der Waals surface area contributed by atoms with Crippen molar-refractivity contribution in [2.45, 2.75) is 18.2 Å². The number of ether oxygens (including phenoxy) is 1. The van der Waals surface area contributed by atoms with E-state index in [2.05, 4.69) is 9.72 Å². The molecule has 0 aliphatic heterocycles. The molecule has 0 fully saturated rings. The van der Waals surface area contributed by atoms with Crippen LogP contribution in [0.5, 0.6) is 5.75 Å². The number of aryl methyl sites for hydroxylation is 1. The zero-order valence-electron chi connectivity index (χ0n) is 15.6. The zero-order chi connectivity index (χ0) is 22.3. The van der Waals surface area contributed by atoms with Crippen molar-refractivity contribution in [3.05, 3.63) is 66.0 Å². The van der Waals surface area contributed by atoms with E-state index in [9.17, 15) is 30.4 Å². The van der Waals surface area contributed by atoms with Crippen LogP contribution in [0.15, 0.2) is 53.7 Å². The van der Waals surface area contributed by atoms with Gasteiger partial charge in [-0.2, -0.15) is 0 Å². The molecule has 30 heavy (non-hydrogen) atoms. The summed E-state index contributed by atoms with van der Waals surface area (Å²) in [6.07, 6.45) is -1.42. The highest BCUT2D eigenvalue weighted by Crippen LogP contribution is 2.36. The van der Waals surface area contributed by atoms with Gasteiger partial charge in [-0.05, 0) is 59.5 Å². The summed E-state index contributed by atoms with van der Waals surface area (Å²) in [6, 6.07) is 7.19. The fourth-order valence-electron chi connectivity index (χ4n) is 3.00. The van der Waals surface area contributed by atoms with Gasteiger partial charge in [0.05, 0.1) is 0 Å². The van der Waals surface area contributed by atoms with E-state index in [0.717, 1.165) is 18.2 Å². The van der Waals surface area contributed by atoms with Crippen LogP contribution in [0.3, 0.4) is 0 Å². The average Bonchev–Trinajstić information content (AvgIpc) is 2.60.